The number of Topliss-reactive ketones (excluding diaryl/α,β-unsaturated/α-hetero) is 1. The highest BCUT2D eigenvalue weighted by molar-refractivity contribution is 5.94. The lowest BCUT2D eigenvalue weighted by Crippen LogP contribution is -2.12. The van der Waals surface area contributed by atoms with Crippen LogP contribution in [0.5, 0.6) is 5.75 Å². The minimum absolute atomic E-state index is 0.0726. The molecule has 0 atom stereocenters. The number of carbonyl (C=O) groups is 1. The van der Waals surface area contributed by atoms with Crippen molar-refractivity contribution in [3.8, 4) is 5.75 Å². The van der Waals surface area contributed by atoms with Gasteiger partial charge in [0.05, 0.1) is 19.8 Å². The molecule has 110 valence electrons. The van der Waals surface area contributed by atoms with Crippen LogP contribution < -0.4 is 4.74 Å². The Morgan fingerprint density at radius 1 is 1.20 bits per heavy atom. The van der Waals surface area contributed by atoms with Crippen molar-refractivity contribution in [3.63, 3.8) is 0 Å². The van der Waals surface area contributed by atoms with E-state index < -0.39 is 0 Å². The van der Waals surface area contributed by atoms with Gasteiger partial charge in [-0.25, -0.2) is 0 Å². The predicted octanol–water partition coefficient (Wildman–Crippen LogP) is 4.14. The van der Waals surface area contributed by atoms with E-state index in [9.17, 15) is 4.79 Å². The molecular formula is C17H24O3. The van der Waals surface area contributed by atoms with Gasteiger partial charge in [0.1, 0.15) is 5.75 Å². The van der Waals surface area contributed by atoms with Crippen molar-refractivity contribution >= 4 is 5.78 Å². The van der Waals surface area contributed by atoms with Gasteiger partial charge in [0.2, 0.25) is 0 Å². The molecule has 0 amide bonds. The standard InChI is InChI=1S/C17H24O3/c1-13(18)14-9-10-17(19-2)15(11-14)12-20-16-7-5-3-4-6-8-16/h9-11,16H,3-8,12H2,1-2H3. The predicted molar refractivity (Wildman–Crippen MR) is 79.3 cm³/mol. The fourth-order valence-corrected chi connectivity index (χ4v) is 2.73. The Morgan fingerprint density at radius 3 is 2.50 bits per heavy atom. The summed E-state index contributed by atoms with van der Waals surface area (Å²) in [5, 5.41) is 0. The Kier molecular flexibility index (Phi) is 5.60. The Morgan fingerprint density at radius 2 is 1.90 bits per heavy atom. The van der Waals surface area contributed by atoms with E-state index in [4.69, 9.17) is 9.47 Å². The SMILES string of the molecule is COc1ccc(C(C)=O)cc1COC1CCCCCC1. The molecule has 1 aromatic rings. The molecule has 1 aliphatic carbocycles. The van der Waals surface area contributed by atoms with Crippen LogP contribution in [0.1, 0.15) is 61.4 Å². The lowest BCUT2D eigenvalue weighted by molar-refractivity contribution is 0.0300. The average molecular weight is 276 g/mol. The molecule has 0 radical (unpaired) electrons. The molecule has 1 fully saturated rings. The summed E-state index contributed by atoms with van der Waals surface area (Å²) in [6.07, 6.45) is 7.81. The van der Waals surface area contributed by atoms with Crippen LogP contribution in [0.2, 0.25) is 0 Å². The van der Waals surface area contributed by atoms with E-state index in [0.29, 0.717) is 18.3 Å². The lowest BCUT2D eigenvalue weighted by Gasteiger charge is -2.17. The minimum atomic E-state index is 0.0726. The van der Waals surface area contributed by atoms with Gasteiger partial charge in [-0.05, 0) is 38.0 Å². The van der Waals surface area contributed by atoms with E-state index in [1.165, 1.54) is 25.7 Å². The first-order chi connectivity index (χ1) is 9.70. The van der Waals surface area contributed by atoms with Crippen molar-refractivity contribution in [1.82, 2.24) is 0 Å². The van der Waals surface area contributed by atoms with Crippen molar-refractivity contribution in [1.29, 1.82) is 0 Å². The smallest absolute Gasteiger partial charge is 0.159 e. The second-order valence-electron chi connectivity index (χ2n) is 5.51. The molecule has 0 aromatic heterocycles. The number of hydrogen-bond acceptors (Lipinski definition) is 3. The van der Waals surface area contributed by atoms with E-state index in [1.54, 1.807) is 20.1 Å². The summed E-state index contributed by atoms with van der Waals surface area (Å²) in [6.45, 7) is 2.10. The molecule has 3 nitrogen and oxygen atoms in total. The highest BCUT2D eigenvalue weighted by Gasteiger charge is 2.14. The zero-order valence-electron chi connectivity index (χ0n) is 12.5. The van der Waals surface area contributed by atoms with Crippen LogP contribution >= 0.6 is 0 Å². The maximum absolute atomic E-state index is 11.5. The van der Waals surface area contributed by atoms with Crippen molar-refractivity contribution < 1.29 is 14.3 Å². The third kappa shape index (κ3) is 4.07. The van der Waals surface area contributed by atoms with Gasteiger partial charge < -0.3 is 9.47 Å². The van der Waals surface area contributed by atoms with Gasteiger partial charge in [0.15, 0.2) is 5.78 Å². The van der Waals surface area contributed by atoms with E-state index >= 15 is 0 Å². The summed E-state index contributed by atoms with van der Waals surface area (Å²) < 4.78 is 11.4. The largest absolute Gasteiger partial charge is 0.496 e. The molecule has 0 bridgehead atoms. The van der Waals surface area contributed by atoms with E-state index in [1.807, 2.05) is 12.1 Å². The molecule has 0 saturated heterocycles. The maximum atomic E-state index is 11.5. The number of ether oxygens (including phenoxy) is 2. The summed E-state index contributed by atoms with van der Waals surface area (Å²) in [4.78, 5) is 11.5. The topological polar surface area (TPSA) is 35.5 Å². The second kappa shape index (κ2) is 7.44. The molecule has 0 heterocycles. The molecule has 2 rings (SSSR count). The number of carbonyl (C=O) groups excluding carboxylic acids is 1. The third-order valence-corrected chi connectivity index (χ3v) is 3.96. The monoisotopic (exact) mass is 276 g/mol. The first kappa shape index (κ1) is 15.0. The molecule has 1 saturated carbocycles. The highest BCUT2D eigenvalue weighted by atomic mass is 16.5. The fourth-order valence-electron chi connectivity index (χ4n) is 2.73. The van der Waals surface area contributed by atoms with Crippen LogP contribution in [-0.2, 0) is 11.3 Å². The van der Waals surface area contributed by atoms with E-state index in [0.717, 1.165) is 24.2 Å². The Hall–Kier alpha value is -1.35. The summed E-state index contributed by atoms with van der Waals surface area (Å²) in [7, 11) is 1.65. The molecule has 1 aliphatic rings. The maximum Gasteiger partial charge on any atom is 0.159 e. The van der Waals surface area contributed by atoms with Crippen LogP contribution in [0, 0.1) is 0 Å². The van der Waals surface area contributed by atoms with Crippen molar-refractivity contribution in [2.45, 2.75) is 58.2 Å². The number of benzene rings is 1. The molecule has 0 spiro atoms. The van der Waals surface area contributed by atoms with Gasteiger partial charge in [-0.15, -0.1) is 0 Å². The van der Waals surface area contributed by atoms with Crippen molar-refractivity contribution in [2.24, 2.45) is 0 Å². The molecular weight excluding hydrogens is 252 g/mol. The van der Waals surface area contributed by atoms with Crippen LogP contribution in [-0.4, -0.2) is 19.0 Å². The molecule has 0 N–H and O–H groups in total. The molecule has 0 unspecified atom stereocenters. The third-order valence-electron chi connectivity index (χ3n) is 3.96. The molecule has 1 aromatic carbocycles. The Balaban J connectivity index is 2.02. The van der Waals surface area contributed by atoms with Gasteiger partial charge in [0.25, 0.3) is 0 Å². The normalized spacial score (nSPS) is 16.7. The molecule has 0 aliphatic heterocycles. The fraction of sp³-hybridized carbons (Fsp3) is 0.588. The van der Waals surface area contributed by atoms with Crippen LogP contribution in [0.15, 0.2) is 18.2 Å². The summed E-state index contributed by atoms with van der Waals surface area (Å²) in [5.74, 6) is 0.868. The highest BCUT2D eigenvalue weighted by Crippen LogP contribution is 2.25. The van der Waals surface area contributed by atoms with Gasteiger partial charge in [0, 0.05) is 11.1 Å². The Labute approximate surface area is 121 Å². The van der Waals surface area contributed by atoms with Gasteiger partial charge in [-0.1, -0.05) is 25.7 Å². The second-order valence-corrected chi connectivity index (χ2v) is 5.51. The number of ketones is 1. The number of hydrogen-bond donors (Lipinski definition) is 0. The quantitative estimate of drug-likeness (QED) is 0.599. The summed E-state index contributed by atoms with van der Waals surface area (Å²) in [5.41, 5.74) is 1.68. The number of rotatable bonds is 5. The lowest BCUT2D eigenvalue weighted by atomic mass is 10.1. The van der Waals surface area contributed by atoms with Crippen LogP contribution in [0.4, 0.5) is 0 Å². The van der Waals surface area contributed by atoms with E-state index in [-0.39, 0.29) is 5.78 Å². The zero-order chi connectivity index (χ0) is 14.4. The summed E-state index contributed by atoms with van der Waals surface area (Å²) >= 11 is 0. The first-order valence-corrected chi connectivity index (χ1v) is 7.50. The Bertz CT molecular complexity index is 446. The van der Waals surface area contributed by atoms with Gasteiger partial charge in [-0.3, -0.25) is 4.79 Å². The van der Waals surface area contributed by atoms with Crippen molar-refractivity contribution in [2.75, 3.05) is 7.11 Å². The molecule has 3 heteroatoms. The molecule has 20 heavy (non-hydrogen) atoms. The summed E-state index contributed by atoms with van der Waals surface area (Å²) in [6, 6.07) is 5.54. The number of methoxy groups -OCH3 is 1. The van der Waals surface area contributed by atoms with Crippen LogP contribution in [0.3, 0.4) is 0 Å². The van der Waals surface area contributed by atoms with Gasteiger partial charge in [-0.2, -0.15) is 0 Å². The van der Waals surface area contributed by atoms with Gasteiger partial charge >= 0.3 is 0 Å². The van der Waals surface area contributed by atoms with Crippen molar-refractivity contribution in [3.05, 3.63) is 29.3 Å². The average Bonchev–Trinajstić information content (AvgIpc) is 2.73. The first-order valence-electron chi connectivity index (χ1n) is 7.50. The van der Waals surface area contributed by atoms with E-state index in [2.05, 4.69) is 0 Å². The van der Waals surface area contributed by atoms with Crippen LogP contribution in [0.25, 0.3) is 0 Å². The zero-order valence-corrected chi connectivity index (χ0v) is 12.5. The minimum Gasteiger partial charge on any atom is -0.496 e.